The first-order chi connectivity index (χ1) is 22.9. The highest BCUT2D eigenvalue weighted by Crippen LogP contribution is 2.45. The second kappa shape index (κ2) is 12.7. The molecule has 3 aromatic carbocycles. The number of thiazole rings is 1. The number of likely N-dealkylation sites (tertiary alicyclic amines) is 1. The number of fused-ring (bicyclic) bond motifs is 2. The lowest BCUT2D eigenvalue weighted by Crippen LogP contribution is -2.49. The van der Waals surface area contributed by atoms with E-state index in [-0.39, 0.29) is 24.0 Å². The molecule has 1 aromatic heterocycles. The van der Waals surface area contributed by atoms with E-state index in [9.17, 15) is 14.7 Å². The van der Waals surface area contributed by atoms with Gasteiger partial charge in [0.05, 0.1) is 28.5 Å². The quantitative estimate of drug-likeness (QED) is 0.210. The number of amides is 1. The van der Waals surface area contributed by atoms with Gasteiger partial charge in [0.1, 0.15) is 11.1 Å². The van der Waals surface area contributed by atoms with E-state index in [0.717, 1.165) is 81.1 Å². The Kier molecular flexibility index (Phi) is 8.69. The van der Waals surface area contributed by atoms with Gasteiger partial charge in [-0.3, -0.25) is 9.79 Å². The summed E-state index contributed by atoms with van der Waals surface area (Å²) < 4.78 is 12.5. The fourth-order valence-corrected chi connectivity index (χ4v) is 8.37. The zero-order valence-corrected chi connectivity index (χ0v) is 29.5. The van der Waals surface area contributed by atoms with Gasteiger partial charge in [0.2, 0.25) is 0 Å². The van der Waals surface area contributed by atoms with Gasteiger partial charge in [-0.05, 0) is 88.4 Å². The molecule has 0 aliphatic carbocycles. The number of nitrogens with zero attached hydrogens (tertiary/aromatic N) is 3. The van der Waals surface area contributed by atoms with Crippen LogP contribution in [0.4, 0.5) is 0 Å². The second-order valence-corrected chi connectivity index (χ2v) is 15.5. The summed E-state index contributed by atoms with van der Waals surface area (Å²) in [5.41, 5.74) is 7.67. The maximum Gasteiger partial charge on any atom is 0.337 e. The van der Waals surface area contributed by atoms with Gasteiger partial charge < -0.3 is 19.5 Å². The minimum absolute atomic E-state index is 0.0694. The number of rotatable bonds is 7. The molecule has 2 unspecified atom stereocenters. The minimum atomic E-state index is -1.17. The lowest BCUT2D eigenvalue weighted by Gasteiger charge is -2.36. The molecule has 0 radical (unpaired) electrons. The molecule has 1 N–H and O–H groups in total. The predicted molar refractivity (Wildman–Crippen MR) is 190 cm³/mol. The molecule has 2 fully saturated rings. The van der Waals surface area contributed by atoms with Gasteiger partial charge in [-0.1, -0.05) is 35.9 Å². The van der Waals surface area contributed by atoms with Gasteiger partial charge >= 0.3 is 5.97 Å². The van der Waals surface area contributed by atoms with E-state index in [4.69, 9.17) is 31.1 Å². The number of benzene rings is 3. The Bertz CT molecular complexity index is 1930. The summed E-state index contributed by atoms with van der Waals surface area (Å²) in [5, 5.41) is 11.9. The molecule has 0 spiro atoms. The Hall–Kier alpha value is -3.63. The van der Waals surface area contributed by atoms with Crippen molar-refractivity contribution in [2.24, 2.45) is 10.9 Å². The average Bonchev–Trinajstić information content (AvgIpc) is 3.59. The van der Waals surface area contributed by atoms with Gasteiger partial charge in [-0.15, -0.1) is 11.3 Å². The Labute approximate surface area is 289 Å². The second-order valence-electron chi connectivity index (χ2n) is 14.0. The number of hydrogen-bond donors (Lipinski definition) is 1. The number of aryl methyl sites for hydroxylation is 1. The summed E-state index contributed by atoms with van der Waals surface area (Å²) in [5.74, 6) is -0.641. The number of piperidine rings is 1. The first-order valence-corrected chi connectivity index (χ1v) is 17.8. The third kappa shape index (κ3) is 6.17. The summed E-state index contributed by atoms with van der Waals surface area (Å²) in [6, 6.07) is 16.0. The molecule has 0 bridgehead atoms. The highest BCUT2D eigenvalue weighted by Gasteiger charge is 2.36. The Morgan fingerprint density at radius 2 is 1.75 bits per heavy atom. The van der Waals surface area contributed by atoms with Crippen LogP contribution in [-0.2, 0) is 19.1 Å². The number of hydrogen-bond acceptors (Lipinski definition) is 7. The molecule has 3 atom stereocenters. The Morgan fingerprint density at radius 1 is 1.06 bits per heavy atom. The van der Waals surface area contributed by atoms with Crippen LogP contribution in [0.1, 0.15) is 81.4 Å². The lowest BCUT2D eigenvalue weighted by atomic mass is 9.86. The number of carbonyl (C=O) groups excluding carboxylic acids is 1. The molecule has 48 heavy (non-hydrogen) atoms. The number of aliphatic imine (C=N–C) groups is 1. The summed E-state index contributed by atoms with van der Waals surface area (Å²) in [6.45, 7) is 11.8. The summed E-state index contributed by atoms with van der Waals surface area (Å²) in [6.07, 6.45) is 1.14. The van der Waals surface area contributed by atoms with Crippen LogP contribution in [-0.4, -0.2) is 64.0 Å². The van der Waals surface area contributed by atoms with Crippen molar-refractivity contribution in [1.82, 2.24) is 9.88 Å². The third-order valence-electron chi connectivity index (χ3n) is 9.55. The number of aromatic nitrogens is 1. The smallest absolute Gasteiger partial charge is 0.337 e. The zero-order chi connectivity index (χ0) is 33.9. The normalized spacial score (nSPS) is 20.4. The number of carbonyl (C=O) groups is 2. The van der Waals surface area contributed by atoms with E-state index in [0.29, 0.717) is 17.2 Å². The molecule has 1 amide bonds. The van der Waals surface area contributed by atoms with Gasteiger partial charge in [0.25, 0.3) is 5.91 Å². The molecule has 0 saturated carbocycles. The lowest BCUT2D eigenvalue weighted by molar-refractivity contribution is -0.160. The molecule has 4 heterocycles. The van der Waals surface area contributed by atoms with Crippen LogP contribution in [0.15, 0.2) is 53.5 Å². The molecule has 3 aliphatic rings. The molecule has 250 valence electrons. The van der Waals surface area contributed by atoms with E-state index in [1.807, 2.05) is 62.9 Å². The van der Waals surface area contributed by atoms with Crippen molar-refractivity contribution in [3.63, 3.8) is 0 Å². The summed E-state index contributed by atoms with van der Waals surface area (Å²) >= 11 is 7.83. The topological polar surface area (TPSA) is 101 Å². The Morgan fingerprint density at radius 3 is 2.38 bits per heavy atom. The van der Waals surface area contributed by atoms with Crippen LogP contribution in [0.2, 0.25) is 5.02 Å². The van der Waals surface area contributed by atoms with Crippen LogP contribution < -0.4 is 0 Å². The van der Waals surface area contributed by atoms with Crippen molar-refractivity contribution in [2.45, 2.75) is 77.7 Å². The largest absolute Gasteiger partial charge is 0.479 e. The van der Waals surface area contributed by atoms with E-state index in [2.05, 4.69) is 25.1 Å². The fourth-order valence-electron chi connectivity index (χ4n) is 7.12. The minimum Gasteiger partial charge on any atom is -0.479 e. The van der Waals surface area contributed by atoms with E-state index in [1.165, 1.54) is 5.56 Å². The molecule has 4 aromatic rings. The van der Waals surface area contributed by atoms with Gasteiger partial charge in [0.15, 0.2) is 6.10 Å². The first-order valence-electron chi connectivity index (χ1n) is 16.6. The van der Waals surface area contributed by atoms with Crippen LogP contribution in [0.25, 0.3) is 31.9 Å². The van der Waals surface area contributed by atoms with Crippen LogP contribution in [0.5, 0.6) is 0 Å². The SMILES string of the molecule is Cc1cc2nc(-c3ccc4c(c3)C(C3CCN(C(=O)C5CCO5)CC3)=NC4C)sc2c(-c2ccc(Cl)cc2)c1[C@H](OC(C)(C)C)C(=O)O. The number of carboxylic acids is 1. The van der Waals surface area contributed by atoms with Gasteiger partial charge in [-0.2, -0.15) is 0 Å². The highest BCUT2D eigenvalue weighted by molar-refractivity contribution is 7.22. The summed E-state index contributed by atoms with van der Waals surface area (Å²) in [7, 11) is 0. The molecule has 2 saturated heterocycles. The average molecular weight is 686 g/mol. The molecule has 7 rings (SSSR count). The standard InChI is InChI=1S/C38H40ClN3O5S/c1-20-18-28-34(31(22-6-9-25(39)10-7-22)30(20)33(37(44)45)47-38(3,4)5)48-35(41-28)24-8-11-26-21(2)40-32(27(26)19-24)23-12-15-42(16-13-23)36(43)29-14-17-46-29/h6-11,18-19,21,23,29,33H,12-17H2,1-5H3,(H,44,45)/t21?,29?,33-/m0/s1. The monoisotopic (exact) mass is 685 g/mol. The predicted octanol–water partition coefficient (Wildman–Crippen LogP) is 8.42. The molecule has 3 aliphatic heterocycles. The fraction of sp³-hybridized carbons (Fsp3) is 0.421. The van der Waals surface area contributed by atoms with Crippen molar-refractivity contribution in [1.29, 1.82) is 0 Å². The first kappa shape index (κ1) is 32.9. The molecule has 8 nitrogen and oxygen atoms in total. The highest BCUT2D eigenvalue weighted by atomic mass is 35.5. The molecule has 10 heteroatoms. The molecular formula is C38H40ClN3O5S. The van der Waals surface area contributed by atoms with E-state index < -0.39 is 17.7 Å². The van der Waals surface area contributed by atoms with E-state index >= 15 is 0 Å². The third-order valence-corrected chi connectivity index (χ3v) is 10.9. The van der Waals surface area contributed by atoms with Crippen molar-refractivity contribution >= 4 is 50.7 Å². The molecular weight excluding hydrogens is 646 g/mol. The number of aliphatic carboxylic acids is 1. The van der Waals surface area contributed by atoms with Gasteiger partial charge in [-0.25, -0.2) is 9.78 Å². The number of ether oxygens (including phenoxy) is 2. The maximum atomic E-state index is 12.8. The van der Waals surface area contributed by atoms with Crippen LogP contribution in [0, 0.1) is 12.8 Å². The zero-order valence-electron chi connectivity index (χ0n) is 27.9. The number of carboxylic acid groups (broad SMARTS) is 1. The number of halogens is 1. The van der Waals surface area contributed by atoms with Crippen LogP contribution >= 0.6 is 22.9 Å². The van der Waals surface area contributed by atoms with E-state index in [1.54, 1.807) is 11.3 Å². The Balaban J connectivity index is 1.27. The van der Waals surface area contributed by atoms with Crippen molar-refractivity contribution in [3.05, 3.63) is 75.8 Å². The van der Waals surface area contributed by atoms with Crippen molar-refractivity contribution < 1.29 is 24.2 Å². The maximum absolute atomic E-state index is 12.8. The van der Waals surface area contributed by atoms with Crippen LogP contribution in [0.3, 0.4) is 0 Å². The van der Waals surface area contributed by atoms with Gasteiger partial charge in [0, 0.05) is 58.4 Å². The van der Waals surface area contributed by atoms with Crippen molar-refractivity contribution in [3.8, 4) is 21.7 Å². The van der Waals surface area contributed by atoms with Crippen molar-refractivity contribution in [2.75, 3.05) is 19.7 Å². The summed E-state index contributed by atoms with van der Waals surface area (Å²) in [4.78, 5) is 37.7.